The molecule has 242 valence electrons. The molecule has 2 aromatic heterocycles. The average molecular weight is 662 g/mol. The minimum Gasteiger partial charge on any atom is -0.309 e. The van der Waals surface area contributed by atoms with Gasteiger partial charge in [0, 0.05) is 39.4 Å². The fourth-order valence-corrected chi connectivity index (χ4v) is 8.28. The maximum absolute atomic E-state index is 5.57. The molecular weight excluding hydrogens is 631 g/mol. The second-order valence-electron chi connectivity index (χ2n) is 13.8. The molecule has 8 aromatic carbocycles. The van der Waals surface area contributed by atoms with E-state index in [1.54, 1.807) is 0 Å². The van der Waals surface area contributed by atoms with Gasteiger partial charge in [-0.1, -0.05) is 152 Å². The van der Waals surface area contributed by atoms with Crippen LogP contribution < -0.4 is 0 Å². The van der Waals surface area contributed by atoms with E-state index in [9.17, 15) is 0 Å². The van der Waals surface area contributed by atoms with Crippen LogP contribution in [0.1, 0.15) is 11.1 Å². The minimum atomic E-state index is 0.697. The van der Waals surface area contributed by atoms with E-state index >= 15 is 0 Å². The molecule has 0 fully saturated rings. The first-order chi connectivity index (χ1) is 25.8. The van der Waals surface area contributed by atoms with Crippen LogP contribution in [0.3, 0.4) is 0 Å². The predicted octanol–water partition coefficient (Wildman–Crippen LogP) is 12.5. The first-order valence-corrected chi connectivity index (χ1v) is 17.9. The number of fused-ring (bicyclic) bond motifs is 11. The summed E-state index contributed by atoms with van der Waals surface area (Å²) >= 11 is 0. The molecule has 0 saturated carbocycles. The standard InChI is InChI=1S/C49H31N3/c1-3-11-32(12-4-1)33-20-22-35(23-21-33)47-42-27-31-19-25-40-41-29-37-16-7-8-17-38(37)30-45(41)52(44(40)28-31)43-26-24-34-13-9-10-18-39(34)46(43)48(42)51-49(50-47)36-14-5-2-6-15-36/h1-26,28-30H,27H2. The predicted molar refractivity (Wildman–Crippen MR) is 216 cm³/mol. The Morgan fingerprint density at radius 1 is 0.404 bits per heavy atom. The van der Waals surface area contributed by atoms with Gasteiger partial charge in [-0.25, -0.2) is 9.97 Å². The summed E-state index contributed by atoms with van der Waals surface area (Å²) in [5, 5.41) is 7.35. The summed E-state index contributed by atoms with van der Waals surface area (Å²) < 4.78 is 2.48. The van der Waals surface area contributed by atoms with E-state index < -0.39 is 0 Å². The van der Waals surface area contributed by atoms with E-state index in [4.69, 9.17) is 9.97 Å². The molecule has 1 aliphatic rings. The third-order valence-corrected chi connectivity index (χ3v) is 10.8. The van der Waals surface area contributed by atoms with E-state index in [1.165, 1.54) is 60.0 Å². The third-order valence-electron chi connectivity index (χ3n) is 10.8. The Balaban J connectivity index is 1.27. The van der Waals surface area contributed by atoms with Gasteiger partial charge in [0.1, 0.15) is 0 Å². The number of aromatic nitrogens is 3. The maximum atomic E-state index is 5.57. The van der Waals surface area contributed by atoms with Gasteiger partial charge < -0.3 is 4.57 Å². The van der Waals surface area contributed by atoms with Gasteiger partial charge in [0.05, 0.1) is 28.1 Å². The monoisotopic (exact) mass is 661 g/mol. The Hall–Kier alpha value is -6.84. The number of hydrogen-bond acceptors (Lipinski definition) is 2. The van der Waals surface area contributed by atoms with Gasteiger partial charge in [0.15, 0.2) is 5.82 Å². The summed E-state index contributed by atoms with van der Waals surface area (Å²) in [6.07, 6.45) is 0.697. The molecule has 52 heavy (non-hydrogen) atoms. The fraction of sp³-hybridized carbons (Fsp3) is 0.0204. The molecule has 3 nitrogen and oxygen atoms in total. The number of hydrogen-bond donors (Lipinski definition) is 0. The van der Waals surface area contributed by atoms with Crippen molar-refractivity contribution in [2.24, 2.45) is 0 Å². The molecular formula is C49H31N3. The molecule has 0 amide bonds. The lowest BCUT2D eigenvalue weighted by Crippen LogP contribution is -2.06. The molecule has 11 rings (SSSR count). The summed E-state index contributed by atoms with van der Waals surface area (Å²) in [4.78, 5) is 11.0. The molecule has 0 spiro atoms. The van der Waals surface area contributed by atoms with E-state index in [1.807, 2.05) is 6.07 Å². The average Bonchev–Trinajstić information content (AvgIpc) is 3.53. The summed E-state index contributed by atoms with van der Waals surface area (Å²) in [5.74, 6) is 0.722. The largest absolute Gasteiger partial charge is 0.309 e. The highest BCUT2D eigenvalue weighted by atomic mass is 15.0. The van der Waals surface area contributed by atoms with E-state index in [0.29, 0.717) is 6.42 Å². The van der Waals surface area contributed by atoms with Crippen LogP contribution in [-0.4, -0.2) is 14.5 Å². The van der Waals surface area contributed by atoms with Crippen molar-refractivity contribution in [2.75, 3.05) is 0 Å². The Morgan fingerprint density at radius 2 is 1.02 bits per heavy atom. The van der Waals surface area contributed by atoms with Crippen LogP contribution in [0.5, 0.6) is 0 Å². The SMILES string of the molecule is c1ccc(-c2ccc(-c3nc(-c4ccccc4)nc4c3Cc3ccc5c6cc7ccccc7cc6n(c5c3)-c3ccc5ccccc5c3-4)cc2)cc1. The zero-order chi connectivity index (χ0) is 34.2. The van der Waals surface area contributed by atoms with Gasteiger partial charge in [-0.3, -0.25) is 0 Å². The van der Waals surface area contributed by atoms with E-state index in [-0.39, 0.29) is 0 Å². The van der Waals surface area contributed by atoms with E-state index in [2.05, 4.69) is 174 Å². The summed E-state index contributed by atoms with van der Waals surface area (Å²) in [7, 11) is 0. The lowest BCUT2D eigenvalue weighted by Gasteiger charge is -2.20. The molecule has 1 aliphatic heterocycles. The van der Waals surface area contributed by atoms with Crippen molar-refractivity contribution in [2.45, 2.75) is 6.42 Å². The van der Waals surface area contributed by atoms with E-state index in [0.717, 1.165) is 45.2 Å². The molecule has 10 aromatic rings. The molecule has 2 bridgehead atoms. The summed E-state index contributed by atoms with van der Waals surface area (Å²) in [6, 6.07) is 63.5. The maximum Gasteiger partial charge on any atom is 0.160 e. The molecule has 0 saturated heterocycles. The summed E-state index contributed by atoms with van der Waals surface area (Å²) in [6.45, 7) is 0. The quantitative estimate of drug-likeness (QED) is 0.189. The summed E-state index contributed by atoms with van der Waals surface area (Å²) in [5.41, 5.74) is 13.4. The van der Waals surface area contributed by atoms with Crippen LogP contribution >= 0.6 is 0 Å². The van der Waals surface area contributed by atoms with Crippen molar-refractivity contribution in [1.29, 1.82) is 0 Å². The Bertz CT molecular complexity index is 3010. The lowest BCUT2D eigenvalue weighted by atomic mass is 9.91. The van der Waals surface area contributed by atoms with Gasteiger partial charge in [0.25, 0.3) is 0 Å². The zero-order valence-corrected chi connectivity index (χ0v) is 28.3. The molecule has 0 radical (unpaired) electrons. The zero-order valence-electron chi connectivity index (χ0n) is 28.3. The Labute approximate surface area is 301 Å². The first kappa shape index (κ1) is 28.9. The Kier molecular flexibility index (Phi) is 6.31. The first-order valence-electron chi connectivity index (χ1n) is 17.9. The van der Waals surface area contributed by atoms with Crippen LogP contribution in [0, 0.1) is 0 Å². The van der Waals surface area contributed by atoms with Crippen LogP contribution in [0.4, 0.5) is 0 Å². The Morgan fingerprint density at radius 3 is 1.81 bits per heavy atom. The van der Waals surface area contributed by atoms with Crippen molar-refractivity contribution < 1.29 is 0 Å². The van der Waals surface area contributed by atoms with Crippen LogP contribution in [0.25, 0.3) is 94.1 Å². The highest BCUT2D eigenvalue weighted by Gasteiger charge is 2.26. The molecule has 0 aliphatic carbocycles. The van der Waals surface area contributed by atoms with Gasteiger partial charge in [-0.15, -0.1) is 0 Å². The molecule has 3 heterocycles. The topological polar surface area (TPSA) is 30.7 Å². The number of rotatable bonds is 3. The third kappa shape index (κ3) is 4.46. The van der Waals surface area contributed by atoms with Crippen molar-refractivity contribution in [1.82, 2.24) is 14.5 Å². The van der Waals surface area contributed by atoms with Crippen LogP contribution in [-0.2, 0) is 6.42 Å². The highest BCUT2D eigenvalue weighted by Crippen LogP contribution is 2.45. The molecule has 0 unspecified atom stereocenters. The van der Waals surface area contributed by atoms with Crippen LogP contribution in [0.2, 0.25) is 0 Å². The van der Waals surface area contributed by atoms with Crippen molar-refractivity contribution >= 4 is 43.4 Å². The molecule has 0 atom stereocenters. The van der Waals surface area contributed by atoms with Crippen LogP contribution in [0.15, 0.2) is 176 Å². The van der Waals surface area contributed by atoms with Gasteiger partial charge in [0.2, 0.25) is 0 Å². The van der Waals surface area contributed by atoms with Gasteiger partial charge in [-0.2, -0.15) is 0 Å². The second kappa shape index (κ2) is 11.3. The second-order valence-corrected chi connectivity index (χ2v) is 13.8. The smallest absolute Gasteiger partial charge is 0.160 e. The number of nitrogens with zero attached hydrogens (tertiary/aromatic N) is 3. The molecule has 0 N–H and O–H groups in total. The lowest BCUT2D eigenvalue weighted by molar-refractivity contribution is 1.09. The fourth-order valence-electron chi connectivity index (χ4n) is 8.28. The molecule has 3 heteroatoms. The van der Waals surface area contributed by atoms with Crippen molar-refractivity contribution in [3.05, 3.63) is 187 Å². The van der Waals surface area contributed by atoms with Crippen molar-refractivity contribution in [3.8, 4) is 50.7 Å². The number of benzene rings is 8. The van der Waals surface area contributed by atoms with Crippen molar-refractivity contribution in [3.63, 3.8) is 0 Å². The minimum absolute atomic E-state index is 0.697. The normalized spacial score (nSPS) is 12.2. The highest BCUT2D eigenvalue weighted by molar-refractivity contribution is 6.15. The van der Waals surface area contributed by atoms with Gasteiger partial charge in [-0.05, 0) is 62.5 Å². The van der Waals surface area contributed by atoms with Gasteiger partial charge >= 0.3 is 0 Å².